The molecule has 0 unspecified atom stereocenters. The number of nitrogens with one attached hydrogen (secondary N) is 1. The Balaban J connectivity index is 1.56. The fourth-order valence-electron chi connectivity index (χ4n) is 3.16. The van der Waals surface area contributed by atoms with Crippen LogP contribution in [0.1, 0.15) is 16.3 Å². The Morgan fingerprint density at radius 2 is 1.93 bits per heavy atom. The molecule has 6 heteroatoms. The van der Waals surface area contributed by atoms with E-state index in [0.717, 1.165) is 33.0 Å². The van der Waals surface area contributed by atoms with E-state index in [1.807, 2.05) is 70.6 Å². The molecule has 0 aliphatic rings. The molecule has 0 aliphatic carbocycles. The molecule has 142 valence electrons. The summed E-state index contributed by atoms with van der Waals surface area (Å²) < 4.78 is 7.23. The van der Waals surface area contributed by atoms with Crippen LogP contribution in [-0.4, -0.2) is 22.6 Å². The van der Waals surface area contributed by atoms with Crippen LogP contribution < -0.4 is 10.1 Å². The quantitative estimate of drug-likeness (QED) is 0.518. The Hall–Kier alpha value is -3.12. The highest BCUT2D eigenvalue weighted by atomic mass is 32.1. The minimum Gasteiger partial charge on any atom is -0.497 e. The third-order valence-corrected chi connectivity index (χ3v) is 5.47. The number of hydrogen-bond acceptors (Lipinski definition) is 4. The van der Waals surface area contributed by atoms with Gasteiger partial charge in [0.25, 0.3) is 0 Å². The van der Waals surface area contributed by atoms with E-state index in [4.69, 9.17) is 9.72 Å². The van der Waals surface area contributed by atoms with Crippen LogP contribution in [0, 0.1) is 0 Å². The standard InChI is InChI=1S/C22H21N3O2S/c1-27-17-10-8-16(9-11-17)13-21-24-19-6-2-3-7-20(19)25(21)15-22(26)23-14-18-5-4-12-28-18/h2-12H,13-15H2,1H3,(H,23,26). The predicted octanol–water partition coefficient (Wildman–Crippen LogP) is 4.01. The van der Waals surface area contributed by atoms with E-state index in [1.54, 1.807) is 18.4 Å². The summed E-state index contributed by atoms with van der Waals surface area (Å²) in [7, 11) is 1.66. The number of hydrogen-bond donors (Lipinski definition) is 1. The summed E-state index contributed by atoms with van der Waals surface area (Å²) in [6.07, 6.45) is 0.650. The summed E-state index contributed by atoms with van der Waals surface area (Å²) in [5.41, 5.74) is 2.99. The summed E-state index contributed by atoms with van der Waals surface area (Å²) in [4.78, 5) is 18.5. The number of imidazole rings is 1. The van der Waals surface area contributed by atoms with Crippen LogP contribution in [0.3, 0.4) is 0 Å². The summed E-state index contributed by atoms with van der Waals surface area (Å²) in [6, 6.07) is 19.9. The van der Waals surface area contributed by atoms with Gasteiger partial charge in [-0.3, -0.25) is 4.79 Å². The van der Waals surface area contributed by atoms with Gasteiger partial charge in [-0.2, -0.15) is 0 Å². The van der Waals surface area contributed by atoms with Gasteiger partial charge in [0.1, 0.15) is 18.1 Å². The van der Waals surface area contributed by atoms with E-state index in [0.29, 0.717) is 13.0 Å². The summed E-state index contributed by atoms with van der Waals surface area (Å²) in [5, 5.41) is 5.01. The maximum atomic E-state index is 12.6. The van der Waals surface area contributed by atoms with Crippen molar-refractivity contribution in [3.05, 3.63) is 82.3 Å². The molecular formula is C22H21N3O2S. The van der Waals surface area contributed by atoms with Crippen molar-refractivity contribution in [2.45, 2.75) is 19.5 Å². The highest BCUT2D eigenvalue weighted by Gasteiger charge is 2.14. The molecule has 2 aromatic heterocycles. The Morgan fingerprint density at radius 1 is 1.11 bits per heavy atom. The third kappa shape index (κ3) is 4.07. The van der Waals surface area contributed by atoms with Crippen molar-refractivity contribution in [1.82, 2.24) is 14.9 Å². The predicted molar refractivity (Wildman–Crippen MR) is 112 cm³/mol. The molecule has 0 atom stereocenters. The molecule has 0 fully saturated rings. The lowest BCUT2D eigenvalue weighted by atomic mass is 10.1. The number of benzene rings is 2. The van der Waals surface area contributed by atoms with E-state index in [1.165, 1.54) is 0 Å². The smallest absolute Gasteiger partial charge is 0.240 e. The highest BCUT2D eigenvalue weighted by molar-refractivity contribution is 7.09. The molecule has 2 heterocycles. The lowest BCUT2D eigenvalue weighted by molar-refractivity contribution is -0.121. The first-order valence-corrected chi connectivity index (χ1v) is 9.97. The van der Waals surface area contributed by atoms with E-state index in [-0.39, 0.29) is 12.5 Å². The number of carbonyl (C=O) groups is 1. The molecule has 28 heavy (non-hydrogen) atoms. The van der Waals surface area contributed by atoms with Crippen LogP contribution in [0.2, 0.25) is 0 Å². The van der Waals surface area contributed by atoms with Crippen LogP contribution in [0.25, 0.3) is 11.0 Å². The lowest BCUT2D eigenvalue weighted by Gasteiger charge is -2.10. The Morgan fingerprint density at radius 3 is 2.68 bits per heavy atom. The second kappa shape index (κ2) is 8.27. The van der Waals surface area contributed by atoms with Crippen molar-refractivity contribution >= 4 is 28.3 Å². The fourth-order valence-corrected chi connectivity index (χ4v) is 3.81. The molecule has 0 bridgehead atoms. The molecule has 2 aromatic carbocycles. The maximum Gasteiger partial charge on any atom is 0.240 e. The van der Waals surface area contributed by atoms with Gasteiger partial charge in [0, 0.05) is 11.3 Å². The number of carbonyl (C=O) groups excluding carboxylic acids is 1. The first kappa shape index (κ1) is 18.3. The molecule has 5 nitrogen and oxygen atoms in total. The summed E-state index contributed by atoms with van der Waals surface area (Å²) in [5.74, 6) is 1.68. The van der Waals surface area contributed by atoms with Gasteiger partial charge in [0.15, 0.2) is 0 Å². The van der Waals surface area contributed by atoms with Crippen LogP contribution >= 0.6 is 11.3 Å². The van der Waals surface area contributed by atoms with E-state index >= 15 is 0 Å². The second-order valence-electron chi connectivity index (χ2n) is 6.48. The molecule has 1 N–H and O–H groups in total. The largest absolute Gasteiger partial charge is 0.497 e. The van der Waals surface area contributed by atoms with Crippen molar-refractivity contribution < 1.29 is 9.53 Å². The Labute approximate surface area is 167 Å². The molecule has 0 spiro atoms. The van der Waals surface area contributed by atoms with Gasteiger partial charge >= 0.3 is 0 Å². The monoisotopic (exact) mass is 391 g/mol. The SMILES string of the molecule is COc1ccc(Cc2nc3ccccc3n2CC(=O)NCc2cccs2)cc1. The van der Waals surface area contributed by atoms with Gasteiger partial charge in [0.05, 0.1) is 24.7 Å². The number of para-hydroxylation sites is 2. The molecule has 0 saturated heterocycles. The number of amides is 1. The van der Waals surface area contributed by atoms with Crippen molar-refractivity contribution in [2.24, 2.45) is 0 Å². The molecule has 0 aliphatic heterocycles. The van der Waals surface area contributed by atoms with Crippen molar-refractivity contribution in [3.8, 4) is 5.75 Å². The lowest BCUT2D eigenvalue weighted by Crippen LogP contribution is -2.27. The van der Waals surface area contributed by atoms with E-state index < -0.39 is 0 Å². The number of rotatable bonds is 7. The van der Waals surface area contributed by atoms with Crippen molar-refractivity contribution in [3.63, 3.8) is 0 Å². The first-order valence-electron chi connectivity index (χ1n) is 9.09. The third-order valence-electron chi connectivity index (χ3n) is 4.60. The average molecular weight is 391 g/mol. The fraction of sp³-hybridized carbons (Fsp3) is 0.182. The zero-order valence-electron chi connectivity index (χ0n) is 15.6. The Bertz CT molecular complexity index is 1070. The zero-order chi connectivity index (χ0) is 19.3. The molecule has 0 saturated carbocycles. The first-order chi connectivity index (χ1) is 13.7. The molecular weight excluding hydrogens is 370 g/mol. The van der Waals surface area contributed by atoms with Gasteiger partial charge in [-0.25, -0.2) is 4.98 Å². The van der Waals surface area contributed by atoms with Gasteiger partial charge in [-0.15, -0.1) is 11.3 Å². The van der Waals surface area contributed by atoms with Crippen LogP contribution in [-0.2, 0) is 24.3 Å². The van der Waals surface area contributed by atoms with Gasteiger partial charge in [-0.1, -0.05) is 30.3 Å². The Kier molecular flexibility index (Phi) is 5.39. The second-order valence-corrected chi connectivity index (χ2v) is 7.52. The number of aromatic nitrogens is 2. The maximum absolute atomic E-state index is 12.6. The van der Waals surface area contributed by atoms with Crippen LogP contribution in [0.4, 0.5) is 0 Å². The number of thiophene rings is 1. The minimum atomic E-state index is -0.0208. The van der Waals surface area contributed by atoms with Gasteiger partial charge in [0.2, 0.25) is 5.91 Å². The van der Waals surface area contributed by atoms with E-state index in [9.17, 15) is 4.79 Å². The normalized spacial score (nSPS) is 10.9. The summed E-state index contributed by atoms with van der Waals surface area (Å²) in [6.45, 7) is 0.800. The van der Waals surface area contributed by atoms with E-state index in [2.05, 4.69) is 5.32 Å². The van der Waals surface area contributed by atoms with Crippen molar-refractivity contribution in [2.75, 3.05) is 7.11 Å². The van der Waals surface area contributed by atoms with Crippen molar-refractivity contribution in [1.29, 1.82) is 0 Å². The van der Waals surface area contributed by atoms with Gasteiger partial charge < -0.3 is 14.6 Å². The molecule has 0 radical (unpaired) electrons. The number of nitrogens with zero attached hydrogens (tertiary/aromatic N) is 2. The number of ether oxygens (including phenoxy) is 1. The zero-order valence-corrected chi connectivity index (χ0v) is 16.4. The average Bonchev–Trinajstić information content (AvgIpc) is 3.36. The minimum absolute atomic E-state index is 0.0208. The number of methoxy groups -OCH3 is 1. The van der Waals surface area contributed by atoms with Crippen LogP contribution in [0.5, 0.6) is 5.75 Å². The summed E-state index contributed by atoms with van der Waals surface area (Å²) >= 11 is 1.64. The van der Waals surface area contributed by atoms with Gasteiger partial charge in [-0.05, 0) is 41.3 Å². The topological polar surface area (TPSA) is 56.2 Å². The number of fused-ring (bicyclic) bond motifs is 1. The highest BCUT2D eigenvalue weighted by Crippen LogP contribution is 2.20. The molecule has 4 aromatic rings. The molecule has 4 rings (SSSR count). The molecule has 1 amide bonds. The van der Waals surface area contributed by atoms with Crippen LogP contribution in [0.15, 0.2) is 66.0 Å².